The number of hydrogen-bond acceptors (Lipinski definition) is 6. The van der Waals surface area contributed by atoms with Crippen LogP contribution < -0.4 is 5.32 Å². The van der Waals surface area contributed by atoms with Crippen LogP contribution in [-0.4, -0.2) is 45.7 Å². The van der Waals surface area contributed by atoms with Crippen LogP contribution in [0.15, 0.2) is 97.3 Å². The van der Waals surface area contributed by atoms with Gasteiger partial charge in [0.25, 0.3) is 5.91 Å². The number of nitrogens with one attached hydrogen (secondary N) is 1. The minimum atomic E-state index is -0.347. The number of tetrazole rings is 1. The van der Waals surface area contributed by atoms with Crippen molar-refractivity contribution >= 4 is 22.5 Å². The summed E-state index contributed by atoms with van der Waals surface area (Å²) in [6, 6.07) is 27.5. The molecule has 0 unspecified atom stereocenters. The van der Waals surface area contributed by atoms with E-state index in [1.54, 1.807) is 27.7 Å². The Kier molecular flexibility index (Phi) is 5.51. The van der Waals surface area contributed by atoms with E-state index in [1.807, 2.05) is 54.7 Å². The summed E-state index contributed by atoms with van der Waals surface area (Å²) < 4.78 is 3.38. The van der Waals surface area contributed by atoms with E-state index in [1.165, 1.54) is 15.6 Å². The summed E-state index contributed by atoms with van der Waals surface area (Å²) in [5.74, 6) is 0.640. The molecule has 1 N–H and O–H groups in total. The molecule has 0 saturated heterocycles. The van der Waals surface area contributed by atoms with E-state index >= 15 is 0 Å². The molecule has 0 fully saturated rings. The summed E-state index contributed by atoms with van der Waals surface area (Å²) in [6.45, 7) is 0.828. The highest BCUT2D eigenvalue weighted by molar-refractivity contribution is 6.02. The van der Waals surface area contributed by atoms with Crippen molar-refractivity contribution in [1.29, 1.82) is 0 Å². The van der Waals surface area contributed by atoms with Crippen molar-refractivity contribution in [3.63, 3.8) is 0 Å². The fourth-order valence-electron chi connectivity index (χ4n) is 4.00. The maximum atomic E-state index is 12.7. The van der Waals surface area contributed by atoms with E-state index in [9.17, 15) is 4.79 Å². The van der Waals surface area contributed by atoms with E-state index < -0.39 is 0 Å². The fraction of sp³-hybridized carbons (Fsp3) is 0.0769. The lowest BCUT2D eigenvalue weighted by Crippen LogP contribution is -2.16. The maximum absolute atomic E-state index is 12.7. The maximum Gasteiger partial charge on any atom is 0.277 e. The van der Waals surface area contributed by atoms with Gasteiger partial charge in [-0.15, -0.1) is 15.0 Å². The van der Waals surface area contributed by atoms with E-state index in [0.717, 1.165) is 11.1 Å². The van der Waals surface area contributed by atoms with Gasteiger partial charge < -0.3 is 5.32 Å². The largest absolute Gasteiger partial charge is 0.304 e. The number of nitrogens with zero attached hydrogens (tertiary/aromatic N) is 8. The standard InChI is InChI=1S/C26H21N9O/c36-26(23-13-15-34(29-23)18-35-31-25(28-32-35)20-8-2-1-3-9-20)27-24-14-16-33(30-24)17-21-11-6-10-19-7-4-5-12-22(19)21/h1-16H,17-18H2,(H,27,30,36). The summed E-state index contributed by atoms with van der Waals surface area (Å²) in [6.07, 6.45) is 3.54. The Labute approximate surface area is 205 Å². The Hall–Kier alpha value is -5.12. The van der Waals surface area contributed by atoms with Crippen molar-refractivity contribution < 1.29 is 4.79 Å². The minimum absolute atomic E-state index is 0.229. The van der Waals surface area contributed by atoms with Crippen molar-refractivity contribution in [2.75, 3.05) is 5.32 Å². The molecule has 0 aliphatic rings. The molecule has 1 amide bonds. The summed E-state index contributed by atoms with van der Waals surface area (Å²) in [7, 11) is 0. The van der Waals surface area contributed by atoms with Gasteiger partial charge in [0.05, 0.1) is 6.54 Å². The lowest BCUT2D eigenvalue weighted by molar-refractivity contribution is 0.102. The molecule has 6 rings (SSSR count). The minimum Gasteiger partial charge on any atom is -0.304 e. The van der Waals surface area contributed by atoms with Crippen LogP contribution in [0.5, 0.6) is 0 Å². The summed E-state index contributed by atoms with van der Waals surface area (Å²) >= 11 is 0. The highest BCUT2D eigenvalue weighted by Crippen LogP contribution is 2.19. The molecule has 3 heterocycles. The van der Waals surface area contributed by atoms with Gasteiger partial charge in [0, 0.05) is 24.0 Å². The molecule has 0 aliphatic carbocycles. The zero-order valence-corrected chi connectivity index (χ0v) is 19.1. The van der Waals surface area contributed by atoms with Gasteiger partial charge in [-0.05, 0) is 27.6 Å². The van der Waals surface area contributed by atoms with Crippen LogP contribution in [0.1, 0.15) is 16.1 Å². The van der Waals surface area contributed by atoms with E-state index in [4.69, 9.17) is 0 Å². The molecule has 176 valence electrons. The molecule has 0 atom stereocenters. The first-order valence-electron chi connectivity index (χ1n) is 11.4. The van der Waals surface area contributed by atoms with E-state index in [0.29, 0.717) is 18.2 Å². The second-order valence-corrected chi connectivity index (χ2v) is 8.22. The van der Waals surface area contributed by atoms with Gasteiger partial charge in [-0.25, -0.2) is 4.68 Å². The van der Waals surface area contributed by atoms with Gasteiger partial charge in [-0.1, -0.05) is 72.8 Å². The van der Waals surface area contributed by atoms with Crippen LogP contribution in [0.2, 0.25) is 0 Å². The van der Waals surface area contributed by atoms with Crippen molar-refractivity contribution in [2.24, 2.45) is 0 Å². The van der Waals surface area contributed by atoms with Crippen molar-refractivity contribution in [1.82, 2.24) is 39.8 Å². The van der Waals surface area contributed by atoms with Crippen LogP contribution in [0.25, 0.3) is 22.2 Å². The van der Waals surface area contributed by atoms with Crippen molar-refractivity contribution in [2.45, 2.75) is 13.2 Å². The third kappa shape index (κ3) is 4.47. The average Bonchev–Trinajstić information content (AvgIpc) is 3.67. The molecule has 36 heavy (non-hydrogen) atoms. The second-order valence-electron chi connectivity index (χ2n) is 8.22. The molecule has 0 aliphatic heterocycles. The van der Waals surface area contributed by atoms with Crippen LogP contribution in [-0.2, 0) is 13.2 Å². The lowest BCUT2D eigenvalue weighted by atomic mass is 10.0. The first kappa shape index (κ1) is 21.4. The first-order valence-corrected chi connectivity index (χ1v) is 11.4. The predicted molar refractivity (Wildman–Crippen MR) is 134 cm³/mol. The molecule has 3 aromatic carbocycles. The Balaban J connectivity index is 1.10. The molecule has 0 radical (unpaired) electrons. The van der Waals surface area contributed by atoms with Gasteiger partial charge in [0.2, 0.25) is 5.82 Å². The molecule has 10 nitrogen and oxygen atoms in total. The number of carbonyl (C=O) groups is 1. The molecular weight excluding hydrogens is 454 g/mol. The highest BCUT2D eigenvalue weighted by Gasteiger charge is 2.13. The quantitative estimate of drug-likeness (QED) is 0.377. The molecule has 0 bridgehead atoms. The monoisotopic (exact) mass is 475 g/mol. The van der Waals surface area contributed by atoms with Crippen LogP contribution >= 0.6 is 0 Å². The second kappa shape index (κ2) is 9.26. The van der Waals surface area contributed by atoms with Crippen molar-refractivity contribution in [3.05, 3.63) is 109 Å². The van der Waals surface area contributed by atoms with E-state index in [-0.39, 0.29) is 18.3 Å². The highest BCUT2D eigenvalue weighted by atomic mass is 16.2. The molecule has 0 spiro atoms. The number of aromatic nitrogens is 8. The van der Waals surface area contributed by atoms with E-state index in [2.05, 4.69) is 55.2 Å². The van der Waals surface area contributed by atoms with Gasteiger partial charge >= 0.3 is 0 Å². The third-order valence-corrected chi connectivity index (χ3v) is 5.72. The molecule has 6 aromatic rings. The number of rotatable bonds is 7. The SMILES string of the molecule is O=C(Nc1ccn(Cc2cccc3ccccc23)n1)c1ccn(Cn2nnc(-c3ccccc3)n2)n1. The van der Waals surface area contributed by atoms with Crippen molar-refractivity contribution in [3.8, 4) is 11.4 Å². The Morgan fingerprint density at radius 1 is 0.778 bits per heavy atom. The molecular formula is C26H21N9O. The Morgan fingerprint density at radius 2 is 1.58 bits per heavy atom. The Morgan fingerprint density at radius 3 is 2.50 bits per heavy atom. The van der Waals surface area contributed by atoms with Gasteiger partial charge in [0.15, 0.2) is 18.2 Å². The van der Waals surface area contributed by atoms with Crippen LogP contribution in [0.3, 0.4) is 0 Å². The third-order valence-electron chi connectivity index (χ3n) is 5.72. The number of carbonyl (C=O) groups excluding carboxylic acids is 1. The topological polar surface area (TPSA) is 108 Å². The molecule has 10 heteroatoms. The summed E-state index contributed by atoms with van der Waals surface area (Å²) in [4.78, 5) is 14.1. The average molecular weight is 476 g/mol. The first-order chi connectivity index (χ1) is 17.7. The zero-order valence-electron chi connectivity index (χ0n) is 19.1. The molecule has 3 aromatic heterocycles. The summed E-state index contributed by atoms with van der Waals surface area (Å²) in [5.41, 5.74) is 2.30. The van der Waals surface area contributed by atoms with Gasteiger partial charge in [-0.2, -0.15) is 10.2 Å². The number of amides is 1. The fourth-order valence-corrected chi connectivity index (χ4v) is 4.00. The zero-order chi connectivity index (χ0) is 24.3. The number of benzene rings is 3. The number of fused-ring (bicyclic) bond motifs is 1. The normalized spacial score (nSPS) is 11.1. The molecule has 0 saturated carbocycles. The lowest BCUT2D eigenvalue weighted by Gasteiger charge is -2.06. The predicted octanol–water partition coefficient (Wildman–Crippen LogP) is 3.69. The smallest absolute Gasteiger partial charge is 0.277 e. The van der Waals surface area contributed by atoms with Crippen LogP contribution in [0.4, 0.5) is 5.82 Å². The van der Waals surface area contributed by atoms with Gasteiger partial charge in [-0.3, -0.25) is 9.48 Å². The van der Waals surface area contributed by atoms with Gasteiger partial charge in [0.1, 0.15) is 0 Å². The Bertz CT molecular complexity index is 1640. The summed E-state index contributed by atoms with van der Waals surface area (Å²) in [5, 5.41) is 26.5. The van der Waals surface area contributed by atoms with Crippen LogP contribution in [0, 0.1) is 0 Å². The number of anilines is 1. The number of hydrogen-bond donors (Lipinski definition) is 1.